The van der Waals surface area contributed by atoms with Crippen molar-refractivity contribution >= 4 is 57.1 Å². The topological polar surface area (TPSA) is 52.1 Å². The number of hydrogen-bond acceptors (Lipinski definition) is 4. The van der Waals surface area contributed by atoms with Gasteiger partial charge in [0.1, 0.15) is 11.2 Å². The third kappa shape index (κ3) is 6.78. The molecule has 8 rings (SSSR count). The van der Waals surface area contributed by atoms with Gasteiger partial charge in [-0.1, -0.05) is 113 Å². The van der Waals surface area contributed by atoms with Crippen LogP contribution in [0.5, 0.6) is 0 Å². The Morgan fingerprint density at radius 3 is 2.10 bits per heavy atom. The Morgan fingerprint density at radius 1 is 0.673 bits per heavy atom. The van der Waals surface area contributed by atoms with Gasteiger partial charge >= 0.3 is 0 Å². The normalized spacial score (nSPS) is 11.8. The van der Waals surface area contributed by atoms with E-state index in [-0.39, 0.29) is 20.1 Å². The molecule has 0 saturated carbocycles. The fourth-order valence-electron chi connectivity index (χ4n) is 6.12. The van der Waals surface area contributed by atoms with Crippen molar-refractivity contribution in [1.29, 1.82) is 0 Å². The minimum Gasteiger partial charge on any atom is -0.501 e. The summed E-state index contributed by atoms with van der Waals surface area (Å²) in [5.74, 6) is 0.837. The van der Waals surface area contributed by atoms with Gasteiger partial charge in [0.2, 0.25) is 0 Å². The summed E-state index contributed by atoms with van der Waals surface area (Å²) in [6.45, 7) is 15.8. The second kappa shape index (κ2) is 13.9. The predicted octanol–water partition coefficient (Wildman–Crippen LogP) is 11.7. The second-order valence-corrected chi connectivity index (χ2v) is 19.2. The van der Waals surface area contributed by atoms with E-state index in [0.717, 1.165) is 66.4 Å². The molecule has 0 aliphatic rings. The van der Waals surface area contributed by atoms with Crippen LogP contribution in [0.3, 0.4) is 0 Å². The van der Waals surface area contributed by atoms with Crippen LogP contribution in [-0.2, 0) is 20.1 Å². The van der Waals surface area contributed by atoms with E-state index >= 15 is 0 Å². The van der Waals surface area contributed by atoms with Crippen molar-refractivity contribution < 1.29 is 28.9 Å². The molecule has 4 aromatic heterocycles. The number of nitrogens with zero attached hydrogens (tertiary/aromatic N) is 2. The summed E-state index contributed by atoms with van der Waals surface area (Å²) < 4.78 is 12.8. The van der Waals surface area contributed by atoms with Gasteiger partial charge in [0, 0.05) is 37.9 Å². The third-order valence-corrected chi connectivity index (χ3v) is 11.0. The van der Waals surface area contributed by atoms with Gasteiger partial charge in [-0.25, -0.2) is 0 Å². The summed E-state index contributed by atoms with van der Waals surface area (Å²) in [4.78, 5) is 9.20. The number of fused-ring (bicyclic) bond motifs is 7. The zero-order valence-electron chi connectivity index (χ0n) is 29.0. The molecule has 0 unspecified atom stereocenters. The number of para-hydroxylation sites is 1. The third-order valence-electron chi connectivity index (χ3n) is 9.01. The van der Waals surface area contributed by atoms with Crippen molar-refractivity contribution in [3.05, 3.63) is 127 Å². The van der Waals surface area contributed by atoms with E-state index in [1.54, 1.807) is 0 Å². The molecule has 249 valence electrons. The van der Waals surface area contributed by atoms with E-state index in [9.17, 15) is 0 Å². The molecule has 0 amide bonds. The summed E-state index contributed by atoms with van der Waals surface area (Å²) in [5.41, 5.74) is 9.55. The minimum atomic E-state index is -1.23. The van der Waals surface area contributed by atoms with Crippen molar-refractivity contribution in [2.75, 3.05) is 0 Å². The summed E-state index contributed by atoms with van der Waals surface area (Å²) in [7, 11) is -1.23. The summed E-state index contributed by atoms with van der Waals surface area (Å²) in [6.07, 6.45) is 3.88. The Bertz CT molecular complexity index is 2380. The first-order valence-electron chi connectivity index (χ1n) is 16.7. The molecule has 0 saturated heterocycles. The maximum absolute atomic E-state index is 6.54. The van der Waals surface area contributed by atoms with Crippen LogP contribution in [0.15, 0.2) is 112 Å². The molecule has 4 aromatic carbocycles. The van der Waals surface area contributed by atoms with Gasteiger partial charge in [0.15, 0.2) is 0 Å². The van der Waals surface area contributed by atoms with Crippen LogP contribution < -0.4 is 5.19 Å². The standard InChI is InChI=1S/C29H24NO2.C14H16NSi.Ir/c1-16(2)18-9-10-21-25(14-18)32-29-22(23-13-19(17(3)4)11-12-30-23)15-26-27(28(21)29)20-7-5-6-8-24(20)31-26;1-16(2,3)13-9-10-14(15-11-13)12-7-5-4-6-8-12;/h5-14,16-17H,1-4H3;4-7,9-11H,1-3H3;/q2*-1;. The Kier molecular flexibility index (Phi) is 9.77. The average Bonchev–Trinajstić information content (AvgIpc) is 3.66. The molecule has 4 nitrogen and oxygen atoms in total. The first-order chi connectivity index (χ1) is 23.1. The summed E-state index contributed by atoms with van der Waals surface area (Å²) in [5, 5.41) is 5.69. The van der Waals surface area contributed by atoms with Gasteiger partial charge < -0.3 is 18.8 Å². The first kappa shape index (κ1) is 34.5. The molecule has 49 heavy (non-hydrogen) atoms. The van der Waals surface area contributed by atoms with E-state index in [0.29, 0.717) is 11.8 Å². The molecule has 8 aromatic rings. The van der Waals surface area contributed by atoms with E-state index in [1.165, 1.54) is 16.3 Å². The Hall–Kier alpha value is -4.35. The molecule has 0 fully saturated rings. The monoisotopic (exact) mass is 837 g/mol. The Morgan fingerprint density at radius 2 is 1.41 bits per heavy atom. The fourth-order valence-corrected chi connectivity index (χ4v) is 7.16. The molecular weight excluding hydrogens is 797 g/mol. The summed E-state index contributed by atoms with van der Waals surface area (Å²) >= 11 is 0. The van der Waals surface area contributed by atoms with Crippen LogP contribution in [0.25, 0.3) is 66.4 Å². The van der Waals surface area contributed by atoms with E-state index < -0.39 is 8.07 Å². The number of benzene rings is 4. The zero-order chi connectivity index (χ0) is 33.6. The van der Waals surface area contributed by atoms with Crippen LogP contribution in [0.1, 0.15) is 50.7 Å². The Labute approximate surface area is 303 Å². The number of aromatic nitrogens is 2. The van der Waals surface area contributed by atoms with E-state index in [1.807, 2.05) is 54.9 Å². The van der Waals surface area contributed by atoms with E-state index in [4.69, 9.17) is 8.83 Å². The van der Waals surface area contributed by atoms with Gasteiger partial charge in [0.05, 0.1) is 19.2 Å². The average molecular weight is 837 g/mol. The second-order valence-electron chi connectivity index (χ2n) is 14.1. The van der Waals surface area contributed by atoms with Crippen molar-refractivity contribution in [1.82, 2.24) is 9.97 Å². The molecule has 0 spiro atoms. The molecule has 0 aliphatic carbocycles. The van der Waals surface area contributed by atoms with Gasteiger partial charge in [-0.3, -0.25) is 0 Å². The smallest absolute Gasteiger partial charge is 0.123 e. The SMILES string of the molecule is CC(C)c1ccnc(-c2[c-]c3oc4ccccc4c3c3c2oc2cc(C(C)C)ccc23)c1.C[Si](C)(C)c1ccc(-c2[c-]cccc2)nc1.[Ir]. The minimum absolute atomic E-state index is 0. The molecule has 1 radical (unpaired) electrons. The molecular formula is C43H40IrN2O2Si-2. The number of pyridine rings is 2. The molecule has 6 heteroatoms. The van der Waals surface area contributed by atoms with Crippen molar-refractivity contribution in [3.63, 3.8) is 0 Å². The van der Waals surface area contributed by atoms with Crippen molar-refractivity contribution in [3.8, 4) is 22.5 Å². The van der Waals surface area contributed by atoms with E-state index in [2.05, 4.69) is 118 Å². The molecule has 4 heterocycles. The van der Waals surface area contributed by atoms with Crippen LogP contribution in [-0.4, -0.2) is 18.0 Å². The largest absolute Gasteiger partial charge is 0.501 e. The number of rotatable bonds is 5. The zero-order valence-corrected chi connectivity index (χ0v) is 32.4. The van der Waals surface area contributed by atoms with Gasteiger partial charge in [-0.05, 0) is 68.3 Å². The molecule has 0 atom stereocenters. The number of furan rings is 2. The van der Waals surface area contributed by atoms with Crippen molar-refractivity contribution in [2.45, 2.75) is 59.2 Å². The molecule has 0 bridgehead atoms. The maximum atomic E-state index is 6.54. The fraction of sp³-hybridized carbons (Fsp3) is 0.209. The van der Waals surface area contributed by atoms with Gasteiger partial charge in [0.25, 0.3) is 0 Å². The van der Waals surface area contributed by atoms with Gasteiger partial charge in [-0.15, -0.1) is 35.9 Å². The summed E-state index contributed by atoms with van der Waals surface area (Å²) in [6, 6.07) is 37.9. The van der Waals surface area contributed by atoms with Crippen LogP contribution in [0.4, 0.5) is 0 Å². The molecule has 0 N–H and O–H groups in total. The first-order valence-corrected chi connectivity index (χ1v) is 20.2. The quantitative estimate of drug-likeness (QED) is 0.128. The van der Waals surface area contributed by atoms with Crippen molar-refractivity contribution in [2.24, 2.45) is 0 Å². The number of hydrogen-bond donors (Lipinski definition) is 0. The van der Waals surface area contributed by atoms with Crippen LogP contribution in [0.2, 0.25) is 19.6 Å². The maximum Gasteiger partial charge on any atom is 0.123 e. The van der Waals surface area contributed by atoms with Crippen LogP contribution in [0, 0.1) is 12.1 Å². The molecule has 0 aliphatic heterocycles. The van der Waals surface area contributed by atoms with Crippen LogP contribution >= 0.6 is 0 Å². The Balaban J connectivity index is 0.000000208. The van der Waals surface area contributed by atoms with Gasteiger partial charge in [-0.2, -0.15) is 0 Å². The predicted molar refractivity (Wildman–Crippen MR) is 203 cm³/mol.